The number of benzene rings is 3. The van der Waals surface area contributed by atoms with E-state index >= 15 is 0 Å². The van der Waals surface area contributed by atoms with Crippen LogP contribution < -0.4 is 14.9 Å². The van der Waals surface area contributed by atoms with E-state index in [1.807, 2.05) is 38.1 Å². The van der Waals surface area contributed by atoms with Gasteiger partial charge in [-0.15, -0.1) is 0 Å². The number of hydrogen-bond donors (Lipinski definition) is 2. The van der Waals surface area contributed by atoms with Gasteiger partial charge in [0, 0.05) is 12.1 Å². The number of aryl methyl sites for hydroxylation is 1. The van der Waals surface area contributed by atoms with Crippen molar-refractivity contribution in [3.05, 3.63) is 95.1 Å². The van der Waals surface area contributed by atoms with Gasteiger partial charge in [0.25, 0.3) is 11.8 Å². The molecule has 0 saturated carbocycles. The first-order chi connectivity index (χ1) is 16.2. The van der Waals surface area contributed by atoms with Crippen LogP contribution >= 0.6 is 0 Å². The summed E-state index contributed by atoms with van der Waals surface area (Å²) in [5, 5.41) is 5.59. The molecule has 7 nitrogen and oxygen atoms in total. The van der Waals surface area contributed by atoms with Gasteiger partial charge in [0.15, 0.2) is 0 Å². The van der Waals surface area contributed by atoms with Crippen molar-refractivity contribution < 1.29 is 18.0 Å². The predicted molar refractivity (Wildman–Crippen MR) is 136 cm³/mol. The zero-order valence-electron chi connectivity index (χ0n) is 19.5. The third kappa shape index (κ3) is 6.23. The van der Waals surface area contributed by atoms with E-state index in [9.17, 15) is 18.0 Å². The second-order valence-electron chi connectivity index (χ2n) is 8.00. The molecule has 0 unspecified atom stereocenters. The first-order valence-electron chi connectivity index (χ1n) is 11.0. The van der Waals surface area contributed by atoms with E-state index in [0.717, 1.165) is 23.8 Å². The van der Waals surface area contributed by atoms with Gasteiger partial charge in [0.2, 0.25) is 10.0 Å². The van der Waals surface area contributed by atoms with E-state index in [4.69, 9.17) is 0 Å². The average molecular weight is 480 g/mol. The lowest BCUT2D eigenvalue weighted by Gasteiger charge is -2.23. The molecule has 2 N–H and O–H groups in total. The minimum absolute atomic E-state index is 0.192. The molecular formula is C26H29N3O4S. The van der Waals surface area contributed by atoms with E-state index in [1.165, 1.54) is 4.31 Å². The maximum Gasteiger partial charge on any atom is 0.255 e. The van der Waals surface area contributed by atoms with E-state index < -0.39 is 15.9 Å². The van der Waals surface area contributed by atoms with Gasteiger partial charge >= 0.3 is 0 Å². The fourth-order valence-corrected chi connectivity index (χ4v) is 4.32. The van der Waals surface area contributed by atoms with Gasteiger partial charge in [0.05, 0.1) is 29.7 Å². The van der Waals surface area contributed by atoms with Gasteiger partial charge in [-0.25, -0.2) is 8.42 Å². The van der Waals surface area contributed by atoms with Crippen molar-refractivity contribution in [1.82, 2.24) is 5.32 Å². The van der Waals surface area contributed by atoms with E-state index in [1.54, 1.807) is 48.5 Å². The molecule has 0 fully saturated rings. The SMILES string of the molecule is CCCNC(=O)c1ccccc1NC(=O)c1ccc(N(Cc2ccccc2C)S(C)(=O)=O)cc1. The van der Waals surface area contributed by atoms with Crippen molar-refractivity contribution in [3.8, 4) is 0 Å². The Morgan fingerprint density at radius 3 is 2.18 bits per heavy atom. The highest BCUT2D eigenvalue weighted by Crippen LogP contribution is 2.23. The van der Waals surface area contributed by atoms with Crippen LogP contribution in [0, 0.1) is 6.92 Å². The molecule has 3 aromatic carbocycles. The molecule has 0 bridgehead atoms. The molecule has 0 saturated heterocycles. The Bertz CT molecular complexity index is 1270. The molecule has 178 valence electrons. The minimum atomic E-state index is -3.55. The largest absolute Gasteiger partial charge is 0.352 e. The van der Waals surface area contributed by atoms with E-state index in [2.05, 4.69) is 10.6 Å². The normalized spacial score (nSPS) is 11.0. The molecule has 0 aromatic heterocycles. The number of nitrogens with one attached hydrogen (secondary N) is 2. The number of rotatable bonds is 9. The number of hydrogen-bond acceptors (Lipinski definition) is 4. The lowest BCUT2D eigenvalue weighted by Crippen LogP contribution is -2.29. The van der Waals surface area contributed by atoms with Crippen LogP contribution in [0.5, 0.6) is 0 Å². The molecule has 3 aromatic rings. The standard InChI is InChI=1S/C26H29N3O4S/c1-4-17-27-26(31)23-11-7-8-12-24(23)28-25(30)20-13-15-22(16-14-20)29(34(3,32)33)18-21-10-6-5-9-19(21)2/h5-16H,4,17-18H2,1-3H3,(H,27,31)(H,28,30). The summed E-state index contributed by atoms with van der Waals surface area (Å²) in [6.07, 6.45) is 1.97. The molecule has 3 rings (SSSR count). The van der Waals surface area contributed by atoms with Crippen molar-refractivity contribution in [2.45, 2.75) is 26.8 Å². The van der Waals surface area contributed by atoms with Crippen LogP contribution in [0.15, 0.2) is 72.8 Å². The molecule has 8 heteroatoms. The van der Waals surface area contributed by atoms with Gasteiger partial charge in [-0.05, 0) is 60.9 Å². The first-order valence-corrected chi connectivity index (χ1v) is 12.9. The van der Waals surface area contributed by atoms with Gasteiger partial charge in [-0.2, -0.15) is 0 Å². The smallest absolute Gasteiger partial charge is 0.255 e. The first kappa shape index (κ1) is 25.0. The van der Waals surface area contributed by atoms with Crippen molar-refractivity contribution >= 4 is 33.2 Å². The summed E-state index contributed by atoms with van der Waals surface area (Å²) < 4.78 is 26.3. The molecule has 0 aliphatic carbocycles. The van der Waals surface area contributed by atoms with Crippen LogP contribution in [0.3, 0.4) is 0 Å². The minimum Gasteiger partial charge on any atom is -0.352 e. The highest BCUT2D eigenvalue weighted by Gasteiger charge is 2.20. The third-order valence-electron chi connectivity index (χ3n) is 5.35. The zero-order valence-corrected chi connectivity index (χ0v) is 20.4. The quantitative estimate of drug-likeness (QED) is 0.477. The summed E-state index contributed by atoms with van der Waals surface area (Å²) in [7, 11) is -3.55. The molecule has 0 spiro atoms. The Morgan fingerprint density at radius 2 is 1.53 bits per heavy atom. The maximum atomic E-state index is 12.8. The zero-order chi connectivity index (χ0) is 24.7. The van der Waals surface area contributed by atoms with Gasteiger partial charge in [0.1, 0.15) is 0 Å². The van der Waals surface area contributed by atoms with Crippen molar-refractivity contribution in [3.63, 3.8) is 0 Å². The Balaban J connectivity index is 1.80. The van der Waals surface area contributed by atoms with Crippen LogP contribution in [0.2, 0.25) is 0 Å². The lowest BCUT2D eigenvalue weighted by molar-refractivity contribution is 0.0954. The fourth-order valence-electron chi connectivity index (χ4n) is 3.44. The Morgan fingerprint density at radius 1 is 0.882 bits per heavy atom. The molecule has 0 aliphatic rings. The van der Waals surface area contributed by atoms with Crippen molar-refractivity contribution in [2.75, 3.05) is 22.4 Å². The number of nitrogens with zero attached hydrogens (tertiary/aromatic N) is 1. The second-order valence-corrected chi connectivity index (χ2v) is 9.91. The van der Waals surface area contributed by atoms with Gasteiger partial charge in [-0.1, -0.05) is 43.3 Å². The topological polar surface area (TPSA) is 95.6 Å². The summed E-state index contributed by atoms with van der Waals surface area (Å²) in [5.41, 5.74) is 3.48. The molecule has 2 amide bonds. The number of para-hydroxylation sites is 1. The number of amides is 2. The average Bonchev–Trinajstić information content (AvgIpc) is 2.81. The predicted octanol–water partition coefficient (Wildman–Crippen LogP) is 4.35. The molecule has 0 aliphatic heterocycles. The summed E-state index contributed by atoms with van der Waals surface area (Å²) in [6, 6.07) is 20.7. The Kier molecular flexibility index (Phi) is 8.07. The van der Waals surface area contributed by atoms with Crippen LogP contribution in [0.4, 0.5) is 11.4 Å². The fraction of sp³-hybridized carbons (Fsp3) is 0.231. The summed E-state index contributed by atoms with van der Waals surface area (Å²) >= 11 is 0. The Labute approximate surface area is 200 Å². The molecule has 0 heterocycles. The molecule has 0 atom stereocenters. The monoisotopic (exact) mass is 479 g/mol. The number of anilines is 2. The van der Waals surface area contributed by atoms with Crippen LogP contribution in [-0.4, -0.2) is 33.0 Å². The van der Waals surface area contributed by atoms with Crippen LogP contribution in [0.25, 0.3) is 0 Å². The molecular weight excluding hydrogens is 450 g/mol. The van der Waals surface area contributed by atoms with E-state index in [0.29, 0.717) is 29.0 Å². The highest BCUT2D eigenvalue weighted by atomic mass is 32.2. The van der Waals surface area contributed by atoms with E-state index in [-0.39, 0.29) is 12.5 Å². The van der Waals surface area contributed by atoms with Crippen molar-refractivity contribution in [2.24, 2.45) is 0 Å². The molecule has 0 radical (unpaired) electrons. The molecule has 34 heavy (non-hydrogen) atoms. The van der Waals surface area contributed by atoms with Gasteiger partial charge < -0.3 is 10.6 Å². The van der Waals surface area contributed by atoms with Gasteiger partial charge in [-0.3, -0.25) is 13.9 Å². The Hall–Kier alpha value is -3.65. The summed E-state index contributed by atoms with van der Waals surface area (Å²) in [6.45, 7) is 4.63. The summed E-state index contributed by atoms with van der Waals surface area (Å²) in [5.74, 6) is -0.653. The summed E-state index contributed by atoms with van der Waals surface area (Å²) in [4.78, 5) is 25.2. The number of carbonyl (C=O) groups excluding carboxylic acids is 2. The number of sulfonamides is 1. The maximum absolute atomic E-state index is 12.8. The lowest BCUT2D eigenvalue weighted by atomic mass is 10.1. The highest BCUT2D eigenvalue weighted by molar-refractivity contribution is 7.92. The van der Waals surface area contributed by atoms with Crippen molar-refractivity contribution in [1.29, 1.82) is 0 Å². The second kappa shape index (κ2) is 11.0. The number of carbonyl (C=O) groups is 2. The third-order valence-corrected chi connectivity index (χ3v) is 6.49. The van der Waals surface area contributed by atoms with Crippen LogP contribution in [0.1, 0.15) is 45.2 Å². The van der Waals surface area contributed by atoms with Crippen LogP contribution in [-0.2, 0) is 16.6 Å².